The van der Waals surface area contributed by atoms with Crippen molar-refractivity contribution in [3.8, 4) is 22.4 Å². The van der Waals surface area contributed by atoms with Gasteiger partial charge in [0.05, 0.1) is 23.2 Å². The molecule has 0 radical (unpaired) electrons. The normalized spacial score (nSPS) is 15.1. The number of aromatic nitrogens is 2. The van der Waals surface area contributed by atoms with Gasteiger partial charge < -0.3 is 11.1 Å². The fourth-order valence-corrected chi connectivity index (χ4v) is 4.35. The van der Waals surface area contributed by atoms with Crippen LogP contribution < -0.4 is 11.1 Å². The Morgan fingerprint density at radius 2 is 1.79 bits per heavy atom. The first-order valence-electron chi connectivity index (χ1n) is 11.1. The number of nitrogens with zero attached hydrogens (tertiary/aromatic N) is 2. The minimum absolute atomic E-state index is 0.214. The van der Waals surface area contributed by atoms with Crippen molar-refractivity contribution in [3.05, 3.63) is 108 Å². The Bertz CT molecular complexity index is 1380. The van der Waals surface area contributed by atoms with Crippen molar-refractivity contribution in [1.29, 1.82) is 0 Å². The molecular weight excluding hydrogens is 427 g/mol. The molecule has 5 nitrogen and oxygen atoms in total. The highest BCUT2D eigenvalue weighted by Crippen LogP contribution is 2.39. The third-order valence-electron chi connectivity index (χ3n) is 6.08. The van der Waals surface area contributed by atoms with Crippen LogP contribution in [0.2, 0.25) is 0 Å². The molecule has 0 saturated heterocycles. The standard InChI is InChI=1S/C28H23FN4O/c1-17-13-25(30)27(24-14-19(6-10-23(17)24)20-3-2-12-31-15-20)28(34)33-22-9-11-26(32-16-22)18-4-7-21(29)8-5-18/h2-12,14-17H,13,30H2,1H3,(H,33,34)/t17-/m1/s1. The summed E-state index contributed by atoms with van der Waals surface area (Å²) >= 11 is 0. The Morgan fingerprint density at radius 3 is 2.50 bits per heavy atom. The lowest BCUT2D eigenvalue weighted by atomic mass is 9.80. The van der Waals surface area contributed by atoms with Gasteiger partial charge in [0, 0.05) is 29.2 Å². The van der Waals surface area contributed by atoms with E-state index >= 15 is 0 Å². The zero-order chi connectivity index (χ0) is 23.7. The molecule has 34 heavy (non-hydrogen) atoms. The van der Waals surface area contributed by atoms with E-state index in [0.29, 0.717) is 29.1 Å². The number of rotatable bonds is 4. The third-order valence-corrected chi connectivity index (χ3v) is 6.08. The molecule has 168 valence electrons. The van der Waals surface area contributed by atoms with Gasteiger partial charge in [-0.3, -0.25) is 14.8 Å². The van der Waals surface area contributed by atoms with Gasteiger partial charge in [0.15, 0.2) is 0 Å². The van der Waals surface area contributed by atoms with Gasteiger partial charge >= 0.3 is 0 Å². The summed E-state index contributed by atoms with van der Waals surface area (Å²) in [7, 11) is 0. The van der Waals surface area contributed by atoms with E-state index in [1.807, 2.05) is 18.2 Å². The molecule has 0 aliphatic heterocycles. The molecule has 2 aromatic carbocycles. The van der Waals surface area contributed by atoms with Crippen LogP contribution >= 0.6 is 0 Å². The Hall–Kier alpha value is -4.32. The number of amides is 1. The van der Waals surface area contributed by atoms with Crippen molar-refractivity contribution < 1.29 is 9.18 Å². The van der Waals surface area contributed by atoms with Gasteiger partial charge in [0.1, 0.15) is 5.82 Å². The SMILES string of the molecule is C[C@@H]1CC(N)=C(C(=O)Nc2ccc(-c3ccc(F)cc3)nc2)c2cc(-c3cccnc3)ccc21. The molecule has 0 unspecified atom stereocenters. The monoisotopic (exact) mass is 450 g/mol. The van der Waals surface area contributed by atoms with Gasteiger partial charge in [-0.05, 0) is 77.6 Å². The second-order valence-electron chi connectivity index (χ2n) is 8.44. The lowest BCUT2D eigenvalue weighted by molar-refractivity contribution is -0.111. The summed E-state index contributed by atoms with van der Waals surface area (Å²) in [5.41, 5.74) is 13.4. The second-order valence-corrected chi connectivity index (χ2v) is 8.44. The van der Waals surface area contributed by atoms with Crippen LogP contribution in [0.1, 0.15) is 30.4 Å². The number of carbonyl (C=O) groups excluding carboxylic acids is 1. The van der Waals surface area contributed by atoms with Gasteiger partial charge in [-0.2, -0.15) is 0 Å². The van der Waals surface area contributed by atoms with E-state index in [1.165, 1.54) is 12.1 Å². The third kappa shape index (κ3) is 4.18. The number of nitrogens with two attached hydrogens (primary N) is 1. The summed E-state index contributed by atoms with van der Waals surface area (Å²) in [6, 6.07) is 19.7. The summed E-state index contributed by atoms with van der Waals surface area (Å²) in [6.07, 6.45) is 5.74. The lowest BCUT2D eigenvalue weighted by Gasteiger charge is -2.26. The maximum absolute atomic E-state index is 13.4. The molecule has 6 heteroatoms. The number of pyridine rings is 2. The average molecular weight is 451 g/mol. The van der Waals surface area contributed by atoms with Crippen LogP contribution in [-0.4, -0.2) is 15.9 Å². The molecule has 1 aliphatic rings. The van der Waals surface area contributed by atoms with Crippen molar-refractivity contribution >= 4 is 17.2 Å². The average Bonchev–Trinajstić information content (AvgIpc) is 2.85. The summed E-state index contributed by atoms with van der Waals surface area (Å²) in [6.45, 7) is 2.11. The molecule has 1 amide bonds. The largest absolute Gasteiger partial charge is 0.401 e. The van der Waals surface area contributed by atoms with E-state index in [4.69, 9.17) is 5.73 Å². The first-order valence-corrected chi connectivity index (χ1v) is 11.1. The highest BCUT2D eigenvalue weighted by atomic mass is 19.1. The van der Waals surface area contributed by atoms with Crippen LogP contribution in [0.25, 0.3) is 28.0 Å². The van der Waals surface area contributed by atoms with Crippen LogP contribution in [0.15, 0.2) is 91.0 Å². The highest BCUT2D eigenvalue weighted by molar-refractivity contribution is 6.26. The number of carbonyl (C=O) groups is 1. The van der Waals surface area contributed by atoms with Gasteiger partial charge in [0.25, 0.3) is 5.91 Å². The number of anilines is 1. The maximum Gasteiger partial charge on any atom is 0.258 e. The summed E-state index contributed by atoms with van der Waals surface area (Å²) in [5.74, 6) is -0.358. The number of hydrogen-bond acceptors (Lipinski definition) is 4. The number of hydrogen-bond donors (Lipinski definition) is 2. The molecule has 0 spiro atoms. The predicted octanol–water partition coefficient (Wildman–Crippen LogP) is 5.77. The van der Waals surface area contributed by atoms with E-state index in [0.717, 1.165) is 27.8 Å². The van der Waals surface area contributed by atoms with E-state index in [9.17, 15) is 9.18 Å². The molecule has 2 aromatic heterocycles. The number of allylic oxidation sites excluding steroid dienone is 1. The number of fused-ring (bicyclic) bond motifs is 1. The summed E-state index contributed by atoms with van der Waals surface area (Å²) in [5, 5.41) is 2.93. The number of benzene rings is 2. The summed E-state index contributed by atoms with van der Waals surface area (Å²) in [4.78, 5) is 22.0. The first kappa shape index (κ1) is 21.5. The molecule has 4 aromatic rings. The molecule has 5 rings (SSSR count). The molecule has 1 aliphatic carbocycles. The van der Waals surface area contributed by atoms with Crippen LogP contribution in [-0.2, 0) is 4.79 Å². The fourth-order valence-electron chi connectivity index (χ4n) is 4.35. The van der Waals surface area contributed by atoms with E-state index in [2.05, 4.69) is 34.3 Å². The van der Waals surface area contributed by atoms with E-state index in [-0.39, 0.29) is 17.6 Å². The van der Waals surface area contributed by atoms with Gasteiger partial charge in [-0.25, -0.2) is 4.39 Å². The highest BCUT2D eigenvalue weighted by Gasteiger charge is 2.27. The topological polar surface area (TPSA) is 80.9 Å². The smallest absolute Gasteiger partial charge is 0.258 e. The van der Waals surface area contributed by atoms with Crippen LogP contribution in [0.4, 0.5) is 10.1 Å². The Balaban J connectivity index is 1.44. The predicted molar refractivity (Wildman–Crippen MR) is 132 cm³/mol. The van der Waals surface area contributed by atoms with Crippen molar-refractivity contribution in [2.45, 2.75) is 19.3 Å². The number of halogens is 1. The maximum atomic E-state index is 13.4. The van der Waals surface area contributed by atoms with Gasteiger partial charge in [0.2, 0.25) is 0 Å². The van der Waals surface area contributed by atoms with Crippen molar-refractivity contribution in [2.75, 3.05) is 5.32 Å². The number of nitrogens with one attached hydrogen (secondary N) is 1. The van der Waals surface area contributed by atoms with Crippen molar-refractivity contribution in [3.63, 3.8) is 0 Å². The summed E-state index contributed by atoms with van der Waals surface area (Å²) < 4.78 is 13.2. The van der Waals surface area contributed by atoms with Crippen LogP contribution in [0.5, 0.6) is 0 Å². The molecular formula is C28H23FN4O. The minimum atomic E-state index is -0.299. The van der Waals surface area contributed by atoms with Crippen molar-refractivity contribution in [1.82, 2.24) is 9.97 Å². The molecule has 0 saturated carbocycles. The minimum Gasteiger partial charge on any atom is -0.401 e. The Morgan fingerprint density at radius 1 is 1.00 bits per heavy atom. The second kappa shape index (κ2) is 8.90. The molecule has 2 heterocycles. The molecule has 0 fully saturated rings. The van der Waals surface area contributed by atoms with E-state index in [1.54, 1.807) is 42.9 Å². The lowest BCUT2D eigenvalue weighted by Crippen LogP contribution is -2.23. The zero-order valence-corrected chi connectivity index (χ0v) is 18.6. The Labute approximate surface area is 197 Å². The molecule has 0 bridgehead atoms. The van der Waals surface area contributed by atoms with Gasteiger partial charge in [-0.1, -0.05) is 25.1 Å². The van der Waals surface area contributed by atoms with Crippen molar-refractivity contribution in [2.24, 2.45) is 5.73 Å². The van der Waals surface area contributed by atoms with E-state index < -0.39 is 0 Å². The molecule has 1 atom stereocenters. The van der Waals surface area contributed by atoms with Gasteiger partial charge in [-0.15, -0.1) is 0 Å². The molecule has 3 N–H and O–H groups in total. The van der Waals surface area contributed by atoms with Crippen LogP contribution in [0.3, 0.4) is 0 Å². The quantitative estimate of drug-likeness (QED) is 0.414. The zero-order valence-electron chi connectivity index (χ0n) is 18.6. The van der Waals surface area contributed by atoms with Crippen LogP contribution in [0, 0.1) is 5.82 Å². The first-order chi connectivity index (χ1) is 16.5. The Kier molecular flexibility index (Phi) is 5.64. The fraction of sp³-hybridized carbons (Fsp3) is 0.107.